The first-order chi connectivity index (χ1) is 8.02. The monoisotopic (exact) mass is 239 g/mol. The van der Waals surface area contributed by atoms with Crippen LogP contribution in [0.15, 0.2) is 18.2 Å². The molecule has 0 spiro atoms. The van der Waals surface area contributed by atoms with Crippen LogP contribution in [-0.2, 0) is 4.79 Å². The van der Waals surface area contributed by atoms with E-state index >= 15 is 0 Å². The van der Waals surface area contributed by atoms with Gasteiger partial charge in [-0.15, -0.1) is 0 Å². The maximum atomic E-state index is 13.2. The Morgan fingerprint density at radius 2 is 2.12 bits per heavy atom. The fourth-order valence-corrected chi connectivity index (χ4v) is 1.62. The van der Waals surface area contributed by atoms with Crippen LogP contribution in [0.25, 0.3) is 0 Å². The van der Waals surface area contributed by atoms with Gasteiger partial charge in [0, 0.05) is 17.9 Å². The summed E-state index contributed by atoms with van der Waals surface area (Å²) in [6.45, 7) is 2.77. The van der Waals surface area contributed by atoms with Gasteiger partial charge in [0.15, 0.2) is 0 Å². The smallest absolute Gasteiger partial charge is 0.236 e. The summed E-state index contributed by atoms with van der Waals surface area (Å²) in [5, 5.41) is 0. The molecule has 0 aromatic heterocycles. The fourth-order valence-electron chi connectivity index (χ4n) is 1.62. The zero-order valence-corrected chi connectivity index (χ0v) is 9.95. The largest absolute Gasteiger partial charge is 0.399 e. The van der Waals surface area contributed by atoms with E-state index in [9.17, 15) is 9.18 Å². The number of nitrogens with zero attached hydrogens (tertiary/aromatic N) is 1. The first-order valence-electron chi connectivity index (χ1n) is 5.62. The number of anilines is 2. The topological polar surface area (TPSA) is 72.3 Å². The number of hydrogen-bond donors (Lipinski definition) is 2. The quantitative estimate of drug-likeness (QED) is 0.739. The first kappa shape index (κ1) is 13.3. The standard InChI is InChI=1S/C12H18FN3O/c1-2-3-4-16(8-12(15)17)11-6-9(13)5-10(14)7-11/h5-7H,2-4,8,14H2,1H3,(H2,15,17). The minimum absolute atomic E-state index is 0.0723. The van der Waals surface area contributed by atoms with Crippen LogP contribution < -0.4 is 16.4 Å². The van der Waals surface area contributed by atoms with Crippen molar-refractivity contribution in [2.45, 2.75) is 19.8 Å². The molecule has 0 atom stereocenters. The normalized spacial score (nSPS) is 10.2. The Labute approximate surface area is 100 Å². The van der Waals surface area contributed by atoms with Crippen molar-refractivity contribution in [1.82, 2.24) is 0 Å². The van der Waals surface area contributed by atoms with Crippen molar-refractivity contribution in [3.05, 3.63) is 24.0 Å². The second-order valence-electron chi connectivity index (χ2n) is 3.98. The molecule has 0 saturated carbocycles. The second-order valence-corrected chi connectivity index (χ2v) is 3.98. The van der Waals surface area contributed by atoms with E-state index in [1.807, 2.05) is 6.92 Å². The maximum Gasteiger partial charge on any atom is 0.236 e. The SMILES string of the molecule is CCCCN(CC(N)=O)c1cc(N)cc(F)c1. The van der Waals surface area contributed by atoms with Crippen LogP contribution in [0.4, 0.5) is 15.8 Å². The molecule has 1 aromatic rings. The highest BCUT2D eigenvalue weighted by Gasteiger charge is 2.10. The van der Waals surface area contributed by atoms with Gasteiger partial charge >= 0.3 is 0 Å². The molecule has 0 aliphatic carbocycles. The zero-order valence-electron chi connectivity index (χ0n) is 9.95. The lowest BCUT2D eigenvalue weighted by atomic mass is 10.2. The van der Waals surface area contributed by atoms with Gasteiger partial charge in [-0.05, 0) is 24.6 Å². The van der Waals surface area contributed by atoms with Gasteiger partial charge in [0.25, 0.3) is 0 Å². The molecule has 1 rings (SSSR count). The van der Waals surface area contributed by atoms with Crippen LogP contribution >= 0.6 is 0 Å². The minimum atomic E-state index is -0.441. The maximum absolute atomic E-state index is 13.2. The summed E-state index contributed by atoms with van der Waals surface area (Å²) >= 11 is 0. The number of nitrogen functional groups attached to an aromatic ring is 1. The van der Waals surface area contributed by atoms with E-state index in [0.29, 0.717) is 17.9 Å². The Balaban J connectivity index is 2.90. The summed E-state index contributed by atoms with van der Waals surface area (Å²) in [5.74, 6) is -0.852. The van der Waals surface area contributed by atoms with Crippen LogP contribution in [-0.4, -0.2) is 19.0 Å². The predicted octanol–water partition coefficient (Wildman–Crippen LogP) is 1.50. The Hall–Kier alpha value is -1.78. The molecule has 0 unspecified atom stereocenters. The number of carbonyl (C=O) groups is 1. The molecule has 1 aromatic carbocycles. The molecule has 17 heavy (non-hydrogen) atoms. The molecule has 94 valence electrons. The lowest BCUT2D eigenvalue weighted by Crippen LogP contribution is -2.34. The van der Waals surface area contributed by atoms with Crippen LogP contribution in [0.1, 0.15) is 19.8 Å². The number of halogens is 1. The second kappa shape index (κ2) is 6.08. The number of rotatable bonds is 6. The number of primary amides is 1. The Morgan fingerprint density at radius 3 is 2.65 bits per heavy atom. The zero-order chi connectivity index (χ0) is 12.8. The van der Waals surface area contributed by atoms with E-state index < -0.39 is 11.7 Å². The number of nitrogens with two attached hydrogens (primary N) is 2. The van der Waals surface area contributed by atoms with Gasteiger partial charge in [0.05, 0.1) is 6.54 Å². The van der Waals surface area contributed by atoms with Gasteiger partial charge in [-0.25, -0.2) is 4.39 Å². The van der Waals surface area contributed by atoms with Crippen molar-refractivity contribution >= 4 is 17.3 Å². The van der Waals surface area contributed by atoms with Gasteiger partial charge < -0.3 is 16.4 Å². The van der Waals surface area contributed by atoms with Crippen molar-refractivity contribution in [3.8, 4) is 0 Å². The van der Waals surface area contributed by atoms with Crippen molar-refractivity contribution < 1.29 is 9.18 Å². The van der Waals surface area contributed by atoms with Gasteiger partial charge in [-0.2, -0.15) is 0 Å². The van der Waals surface area contributed by atoms with Gasteiger partial charge in [-0.1, -0.05) is 13.3 Å². The molecule has 5 heteroatoms. The molecule has 0 aliphatic heterocycles. The highest BCUT2D eigenvalue weighted by atomic mass is 19.1. The highest BCUT2D eigenvalue weighted by Crippen LogP contribution is 2.20. The molecular weight excluding hydrogens is 221 g/mol. The van der Waals surface area contributed by atoms with Gasteiger partial charge in [0.1, 0.15) is 5.82 Å². The molecule has 4 nitrogen and oxygen atoms in total. The molecule has 0 fully saturated rings. The van der Waals surface area contributed by atoms with Gasteiger partial charge in [-0.3, -0.25) is 4.79 Å². The molecule has 0 radical (unpaired) electrons. The third-order valence-electron chi connectivity index (χ3n) is 2.40. The Morgan fingerprint density at radius 1 is 1.41 bits per heavy atom. The summed E-state index contributed by atoms with van der Waals surface area (Å²) in [6, 6.07) is 4.24. The van der Waals surface area contributed by atoms with E-state index in [1.54, 1.807) is 11.0 Å². The Bertz CT molecular complexity index is 375. The number of unbranched alkanes of at least 4 members (excludes halogenated alkanes) is 1. The first-order valence-corrected chi connectivity index (χ1v) is 5.62. The minimum Gasteiger partial charge on any atom is -0.399 e. The van der Waals surface area contributed by atoms with Crippen LogP contribution in [0, 0.1) is 5.82 Å². The van der Waals surface area contributed by atoms with Crippen LogP contribution in [0.2, 0.25) is 0 Å². The Kier molecular flexibility index (Phi) is 4.75. The third kappa shape index (κ3) is 4.30. The number of amides is 1. The summed E-state index contributed by atoms with van der Waals surface area (Å²) in [7, 11) is 0. The van der Waals surface area contributed by atoms with Crippen molar-refractivity contribution in [1.29, 1.82) is 0 Å². The van der Waals surface area contributed by atoms with E-state index in [-0.39, 0.29) is 6.54 Å². The van der Waals surface area contributed by atoms with E-state index in [0.717, 1.165) is 12.8 Å². The molecule has 0 saturated heterocycles. The molecular formula is C12H18FN3O. The summed E-state index contributed by atoms with van der Waals surface area (Å²) in [5.41, 5.74) is 11.7. The molecule has 1 amide bonds. The predicted molar refractivity (Wildman–Crippen MR) is 67.1 cm³/mol. The average molecular weight is 239 g/mol. The molecule has 0 bridgehead atoms. The molecule has 0 heterocycles. The summed E-state index contributed by atoms with van der Waals surface area (Å²) < 4.78 is 13.2. The van der Waals surface area contributed by atoms with Crippen LogP contribution in [0.5, 0.6) is 0 Å². The number of carbonyl (C=O) groups excluding carboxylic acids is 1. The van der Waals surface area contributed by atoms with Crippen LogP contribution in [0.3, 0.4) is 0 Å². The van der Waals surface area contributed by atoms with E-state index in [1.165, 1.54) is 12.1 Å². The average Bonchev–Trinajstić information content (AvgIpc) is 2.22. The van der Waals surface area contributed by atoms with Crippen molar-refractivity contribution in [2.24, 2.45) is 5.73 Å². The summed E-state index contributed by atoms with van der Waals surface area (Å²) in [6.07, 6.45) is 1.89. The molecule has 4 N–H and O–H groups in total. The third-order valence-corrected chi connectivity index (χ3v) is 2.40. The molecule has 0 aliphatic rings. The van der Waals surface area contributed by atoms with E-state index in [2.05, 4.69) is 0 Å². The van der Waals surface area contributed by atoms with Crippen molar-refractivity contribution in [2.75, 3.05) is 23.7 Å². The lowest BCUT2D eigenvalue weighted by molar-refractivity contribution is -0.116. The van der Waals surface area contributed by atoms with Crippen molar-refractivity contribution in [3.63, 3.8) is 0 Å². The number of hydrogen-bond acceptors (Lipinski definition) is 3. The van der Waals surface area contributed by atoms with E-state index in [4.69, 9.17) is 11.5 Å². The fraction of sp³-hybridized carbons (Fsp3) is 0.417. The van der Waals surface area contributed by atoms with Gasteiger partial charge in [0.2, 0.25) is 5.91 Å². The highest BCUT2D eigenvalue weighted by molar-refractivity contribution is 5.79. The summed E-state index contributed by atoms with van der Waals surface area (Å²) in [4.78, 5) is 12.7. The number of benzene rings is 1. The lowest BCUT2D eigenvalue weighted by Gasteiger charge is -2.23.